The van der Waals surface area contributed by atoms with Crippen LogP contribution in [0.3, 0.4) is 0 Å². The highest BCUT2D eigenvalue weighted by Crippen LogP contribution is 2.16. The van der Waals surface area contributed by atoms with Crippen LogP contribution in [-0.2, 0) is 17.8 Å². The van der Waals surface area contributed by atoms with Gasteiger partial charge >= 0.3 is 0 Å². The monoisotopic (exact) mass is 402 g/mol. The Morgan fingerprint density at radius 1 is 1.25 bits per heavy atom. The van der Waals surface area contributed by atoms with Crippen LogP contribution in [0, 0.1) is 25.2 Å². The summed E-state index contributed by atoms with van der Waals surface area (Å²) in [6.07, 6.45) is 1.54. The van der Waals surface area contributed by atoms with E-state index in [1.54, 1.807) is 13.8 Å². The van der Waals surface area contributed by atoms with Crippen LogP contribution in [0.5, 0.6) is 0 Å². The number of rotatable bonds is 8. The van der Waals surface area contributed by atoms with Gasteiger partial charge in [0.1, 0.15) is 11.6 Å². The lowest BCUT2D eigenvalue weighted by atomic mass is 9.99. The van der Waals surface area contributed by atoms with Gasteiger partial charge in [0, 0.05) is 25.2 Å². The summed E-state index contributed by atoms with van der Waals surface area (Å²) in [5.74, 6) is 0.0378. The van der Waals surface area contributed by atoms with Gasteiger partial charge in [-0.2, -0.15) is 5.26 Å². The highest BCUT2D eigenvalue weighted by atomic mass is 35.5. The summed E-state index contributed by atoms with van der Waals surface area (Å²) in [5, 5.41) is 9.18. The molecule has 0 saturated heterocycles. The van der Waals surface area contributed by atoms with Gasteiger partial charge in [-0.15, -0.1) is 12.4 Å². The van der Waals surface area contributed by atoms with Crippen LogP contribution < -0.4 is 11.3 Å². The number of nitrogens with one attached hydrogen (secondary N) is 1. The van der Waals surface area contributed by atoms with E-state index in [0.717, 1.165) is 17.5 Å². The lowest BCUT2D eigenvalue weighted by molar-refractivity contribution is -0.131. The number of carbonyl (C=O) groups excluding carboxylic acids is 1. The average molecular weight is 403 g/mol. The molecule has 1 aromatic carbocycles. The highest BCUT2D eigenvalue weighted by Gasteiger charge is 2.17. The first-order chi connectivity index (χ1) is 13.0. The number of benzene rings is 1. The summed E-state index contributed by atoms with van der Waals surface area (Å²) >= 11 is 0. The molecule has 0 aliphatic heterocycles. The van der Waals surface area contributed by atoms with Crippen LogP contribution in [0.4, 0.5) is 0 Å². The number of H-pyrrole nitrogens is 1. The molecule has 0 aliphatic carbocycles. The van der Waals surface area contributed by atoms with Crippen molar-refractivity contribution in [3.05, 3.63) is 68.6 Å². The van der Waals surface area contributed by atoms with Gasteiger partial charge in [0.15, 0.2) is 0 Å². The molecule has 28 heavy (non-hydrogen) atoms. The molecule has 0 atom stereocenters. The van der Waals surface area contributed by atoms with E-state index < -0.39 is 0 Å². The number of nitriles is 1. The number of aryl methyl sites for hydroxylation is 1. The van der Waals surface area contributed by atoms with E-state index in [1.165, 1.54) is 0 Å². The molecule has 0 saturated carbocycles. The van der Waals surface area contributed by atoms with E-state index in [0.29, 0.717) is 43.7 Å². The minimum Gasteiger partial charge on any atom is -0.338 e. The summed E-state index contributed by atoms with van der Waals surface area (Å²) in [6, 6.07) is 11.8. The molecule has 7 heteroatoms. The summed E-state index contributed by atoms with van der Waals surface area (Å²) in [5.41, 5.74) is 8.66. The first-order valence-corrected chi connectivity index (χ1v) is 9.12. The van der Waals surface area contributed by atoms with Gasteiger partial charge in [-0.05, 0) is 49.9 Å². The Bertz CT molecular complexity index is 888. The lowest BCUT2D eigenvalue weighted by Crippen LogP contribution is -2.33. The second-order valence-corrected chi connectivity index (χ2v) is 6.61. The lowest BCUT2D eigenvalue weighted by Gasteiger charge is -2.23. The average Bonchev–Trinajstić information content (AvgIpc) is 2.65. The van der Waals surface area contributed by atoms with Crippen molar-refractivity contribution in [3.8, 4) is 6.07 Å². The molecule has 1 amide bonds. The Hall–Kier alpha value is -2.62. The third-order valence-electron chi connectivity index (χ3n) is 4.71. The number of pyridine rings is 1. The van der Waals surface area contributed by atoms with Crippen LogP contribution >= 0.6 is 12.4 Å². The fourth-order valence-corrected chi connectivity index (χ4v) is 3.19. The van der Waals surface area contributed by atoms with Crippen molar-refractivity contribution in [1.82, 2.24) is 9.88 Å². The summed E-state index contributed by atoms with van der Waals surface area (Å²) in [7, 11) is 0. The number of hydrogen-bond donors (Lipinski definition) is 2. The fraction of sp³-hybridized carbons (Fsp3) is 0.381. The minimum absolute atomic E-state index is 0. The van der Waals surface area contributed by atoms with E-state index in [-0.39, 0.29) is 29.4 Å². The van der Waals surface area contributed by atoms with Crippen LogP contribution in [-0.4, -0.2) is 28.9 Å². The molecule has 1 aromatic heterocycles. The molecule has 2 aromatic rings. The molecular weight excluding hydrogens is 376 g/mol. The fourth-order valence-electron chi connectivity index (χ4n) is 3.19. The maximum atomic E-state index is 12.8. The Morgan fingerprint density at radius 2 is 1.93 bits per heavy atom. The van der Waals surface area contributed by atoms with Crippen molar-refractivity contribution in [3.63, 3.8) is 0 Å². The summed E-state index contributed by atoms with van der Waals surface area (Å²) in [4.78, 5) is 29.2. The van der Waals surface area contributed by atoms with Crippen LogP contribution in [0.2, 0.25) is 0 Å². The normalized spacial score (nSPS) is 10.1. The minimum atomic E-state index is -0.378. The summed E-state index contributed by atoms with van der Waals surface area (Å²) < 4.78 is 0. The second kappa shape index (κ2) is 11.3. The zero-order valence-corrected chi connectivity index (χ0v) is 17.1. The first-order valence-electron chi connectivity index (χ1n) is 9.12. The van der Waals surface area contributed by atoms with E-state index in [9.17, 15) is 14.9 Å². The third kappa shape index (κ3) is 5.95. The number of hydrogen-bond acceptors (Lipinski definition) is 4. The topological polar surface area (TPSA) is 103 Å². The number of nitrogens with zero attached hydrogens (tertiary/aromatic N) is 2. The van der Waals surface area contributed by atoms with E-state index in [4.69, 9.17) is 5.73 Å². The second-order valence-electron chi connectivity index (χ2n) is 6.61. The smallest absolute Gasteiger partial charge is 0.266 e. The van der Waals surface area contributed by atoms with Crippen molar-refractivity contribution in [2.75, 3.05) is 13.1 Å². The van der Waals surface area contributed by atoms with Gasteiger partial charge in [0.05, 0.1) is 0 Å². The molecule has 6 nitrogen and oxygen atoms in total. The van der Waals surface area contributed by atoms with Crippen molar-refractivity contribution in [2.24, 2.45) is 5.73 Å². The van der Waals surface area contributed by atoms with Crippen molar-refractivity contribution >= 4 is 18.3 Å². The largest absolute Gasteiger partial charge is 0.338 e. The zero-order valence-electron chi connectivity index (χ0n) is 16.3. The molecular formula is C21H27ClN4O2. The number of carbonyl (C=O) groups is 1. The number of aromatic amines is 1. The van der Waals surface area contributed by atoms with Crippen LogP contribution in [0.15, 0.2) is 35.1 Å². The predicted octanol–water partition coefficient (Wildman–Crippen LogP) is 2.60. The van der Waals surface area contributed by atoms with Gasteiger partial charge in [0.25, 0.3) is 5.56 Å². The summed E-state index contributed by atoms with van der Waals surface area (Å²) in [6.45, 7) is 5.24. The molecule has 3 N–H and O–H groups in total. The maximum absolute atomic E-state index is 12.8. The Kier molecular flexibility index (Phi) is 9.43. The Morgan fingerprint density at radius 3 is 2.54 bits per heavy atom. The number of nitrogens with two attached hydrogens (primary N) is 1. The van der Waals surface area contributed by atoms with Gasteiger partial charge in [-0.25, -0.2) is 0 Å². The van der Waals surface area contributed by atoms with Gasteiger partial charge in [-0.1, -0.05) is 30.3 Å². The molecule has 0 spiro atoms. The highest BCUT2D eigenvalue weighted by molar-refractivity contribution is 5.85. The molecule has 1 heterocycles. The van der Waals surface area contributed by atoms with Gasteiger partial charge in [0.2, 0.25) is 5.91 Å². The first kappa shape index (κ1) is 23.4. The van der Waals surface area contributed by atoms with E-state index in [2.05, 4.69) is 4.98 Å². The van der Waals surface area contributed by atoms with Crippen molar-refractivity contribution < 1.29 is 4.79 Å². The Labute approximate surface area is 171 Å². The molecule has 0 radical (unpaired) electrons. The molecule has 0 fully saturated rings. The van der Waals surface area contributed by atoms with Crippen molar-refractivity contribution in [1.29, 1.82) is 5.26 Å². The number of amides is 1. The molecule has 0 unspecified atom stereocenters. The van der Waals surface area contributed by atoms with Crippen LogP contribution in [0.1, 0.15) is 40.8 Å². The molecule has 0 bridgehead atoms. The van der Waals surface area contributed by atoms with E-state index >= 15 is 0 Å². The SMILES string of the molecule is Cc1[nH]c(=O)c(C#N)c(C)c1CCC(=O)N(CCCN)Cc1ccccc1.Cl. The quantitative estimate of drug-likeness (QED) is 0.708. The van der Waals surface area contributed by atoms with Gasteiger partial charge < -0.3 is 15.6 Å². The third-order valence-corrected chi connectivity index (χ3v) is 4.71. The Balaban J connectivity index is 0.00000392. The molecule has 0 aliphatic rings. The molecule has 150 valence electrons. The van der Waals surface area contributed by atoms with Gasteiger partial charge in [-0.3, -0.25) is 9.59 Å². The number of halogens is 1. The molecule has 2 rings (SSSR count). The van der Waals surface area contributed by atoms with E-state index in [1.807, 2.05) is 41.3 Å². The maximum Gasteiger partial charge on any atom is 0.266 e. The standard InChI is InChI=1S/C21H26N4O2.ClH/c1-15-18(16(2)24-21(27)19(15)13-23)9-10-20(26)25(12-6-11-22)14-17-7-4-3-5-8-17;/h3-5,7-8H,6,9-12,14,22H2,1-2H3,(H,24,27);1H. The zero-order chi connectivity index (χ0) is 19.8. The van der Waals surface area contributed by atoms with Crippen molar-refractivity contribution in [2.45, 2.75) is 39.7 Å². The number of aromatic nitrogens is 1. The van der Waals surface area contributed by atoms with Crippen LogP contribution in [0.25, 0.3) is 0 Å². The predicted molar refractivity (Wildman–Crippen MR) is 112 cm³/mol.